The van der Waals surface area contributed by atoms with E-state index >= 15 is 0 Å². The molecule has 0 aliphatic rings. The van der Waals surface area contributed by atoms with Crippen molar-refractivity contribution >= 4 is 14.7 Å². The summed E-state index contributed by atoms with van der Waals surface area (Å²) in [4.78, 5) is 4.22. The maximum atomic E-state index is 4.22. The molecule has 2 aromatic rings. The summed E-state index contributed by atoms with van der Waals surface area (Å²) >= 11 is 0. The van der Waals surface area contributed by atoms with Crippen LogP contribution in [0.2, 0.25) is 0 Å². The highest BCUT2D eigenvalue weighted by Crippen LogP contribution is 2.16. The van der Waals surface area contributed by atoms with Crippen molar-refractivity contribution in [1.82, 2.24) is 4.98 Å². The van der Waals surface area contributed by atoms with Crippen LogP contribution < -0.4 is 5.44 Å². The van der Waals surface area contributed by atoms with Crippen LogP contribution in [0.3, 0.4) is 0 Å². The average molecular weight is 187 g/mol. The zero-order chi connectivity index (χ0) is 9.10. The third-order valence-corrected chi connectivity index (χ3v) is 2.38. The van der Waals surface area contributed by atoms with E-state index in [9.17, 15) is 0 Å². The van der Waals surface area contributed by atoms with Gasteiger partial charge in [-0.2, -0.15) is 0 Å². The molecule has 1 heterocycles. The van der Waals surface area contributed by atoms with Crippen LogP contribution in [0.1, 0.15) is 0 Å². The molecule has 1 unspecified atom stereocenters. The van der Waals surface area contributed by atoms with Crippen LogP contribution in [0.4, 0.5) is 0 Å². The summed E-state index contributed by atoms with van der Waals surface area (Å²) in [6.45, 7) is 0. The highest BCUT2D eigenvalue weighted by atomic mass is 31.0. The summed E-state index contributed by atoms with van der Waals surface area (Å²) in [5.41, 5.74) is 3.38. The first-order valence-electron chi connectivity index (χ1n) is 4.14. The molecule has 0 bridgehead atoms. The molecule has 0 saturated carbocycles. The van der Waals surface area contributed by atoms with E-state index in [-0.39, 0.29) is 0 Å². The Labute approximate surface area is 80.0 Å². The average Bonchev–Trinajstić information content (AvgIpc) is 2.20. The van der Waals surface area contributed by atoms with Gasteiger partial charge in [-0.25, -0.2) is 0 Å². The Kier molecular flexibility index (Phi) is 2.37. The van der Waals surface area contributed by atoms with E-state index in [1.54, 1.807) is 6.20 Å². The fourth-order valence-electron chi connectivity index (χ4n) is 1.28. The molecule has 2 heteroatoms. The van der Waals surface area contributed by atoms with Crippen LogP contribution >= 0.6 is 9.24 Å². The molecule has 1 nitrogen and oxygen atoms in total. The third-order valence-electron chi connectivity index (χ3n) is 1.92. The molecule has 2 rings (SSSR count). The standard InChI is InChI=1S/C11H10NP/c13-11-10(7-4-8-12-11)9-5-2-1-3-6-9/h1-8H,13H2. The molecule has 1 aromatic heterocycles. The van der Waals surface area contributed by atoms with Crippen LogP contribution in [0.25, 0.3) is 11.1 Å². The highest BCUT2D eigenvalue weighted by Gasteiger charge is 1.99. The van der Waals surface area contributed by atoms with Gasteiger partial charge in [0.05, 0.1) is 5.44 Å². The molecule has 1 atom stereocenters. The van der Waals surface area contributed by atoms with Gasteiger partial charge in [0.15, 0.2) is 0 Å². The van der Waals surface area contributed by atoms with Crippen LogP contribution in [0, 0.1) is 0 Å². The van der Waals surface area contributed by atoms with E-state index in [0.717, 1.165) is 5.44 Å². The molecule has 0 N–H and O–H groups in total. The van der Waals surface area contributed by atoms with Gasteiger partial charge in [0, 0.05) is 11.8 Å². The predicted octanol–water partition coefficient (Wildman–Crippen LogP) is 2.25. The van der Waals surface area contributed by atoms with E-state index in [1.807, 2.05) is 24.3 Å². The van der Waals surface area contributed by atoms with Crippen LogP contribution in [0.5, 0.6) is 0 Å². The van der Waals surface area contributed by atoms with Crippen molar-refractivity contribution in [2.75, 3.05) is 0 Å². The van der Waals surface area contributed by atoms with Gasteiger partial charge in [0.2, 0.25) is 0 Å². The van der Waals surface area contributed by atoms with Crippen LogP contribution in [-0.4, -0.2) is 4.98 Å². The summed E-state index contributed by atoms with van der Waals surface area (Å²) in [7, 11) is 2.65. The lowest BCUT2D eigenvalue weighted by molar-refractivity contribution is 1.39. The molecule has 64 valence electrons. The Hall–Kier alpha value is -1.20. The molecule has 13 heavy (non-hydrogen) atoms. The van der Waals surface area contributed by atoms with Gasteiger partial charge in [-0.15, -0.1) is 0 Å². The van der Waals surface area contributed by atoms with Crippen LogP contribution in [0.15, 0.2) is 48.7 Å². The van der Waals surface area contributed by atoms with Gasteiger partial charge < -0.3 is 0 Å². The lowest BCUT2D eigenvalue weighted by atomic mass is 10.1. The first kappa shape index (κ1) is 8.40. The fraction of sp³-hybridized carbons (Fsp3) is 0. The second kappa shape index (κ2) is 3.68. The number of pyridine rings is 1. The summed E-state index contributed by atoms with van der Waals surface area (Å²) in [6.07, 6.45) is 1.80. The van der Waals surface area contributed by atoms with Crippen molar-refractivity contribution in [1.29, 1.82) is 0 Å². The molecule has 0 fully saturated rings. The first-order chi connectivity index (χ1) is 6.38. The van der Waals surface area contributed by atoms with E-state index in [1.165, 1.54) is 11.1 Å². The zero-order valence-corrected chi connectivity index (χ0v) is 8.30. The number of hydrogen-bond acceptors (Lipinski definition) is 1. The van der Waals surface area contributed by atoms with E-state index in [2.05, 4.69) is 32.4 Å². The molecule has 0 saturated heterocycles. The second-order valence-corrected chi connectivity index (χ2v) is 3.35. The van der Waals surface area contributed by atoms with Gasteiger partial charge in [0.1, 0.15) is 0 Å². The molecule has 1 aromatic carbocycles. The minimum atomic E-state index is 0.994. The normalized spacial score (nSPS) is 9.92. The topological polar surface area (TPSA) is 12.9 Å². The molecule has 0 aliphatic carbocycles. The first-order valence-corrected chi connectivity index (χ1v) is 4.71. The highest BCUT2D eigenvalue weighted by molar-refractivity contribution is 7.27. The maximum Gasteiger partial charge on any atom is 0.0646 e. The minimum Gasteiger partial charge on any atom is -0.256 e. The van der Waals surface area contributed by atoms with E-state index in [0.29, 0.717) is 0 Å². The summed E-state index contributed by atoms with van der Waals surface area (Å²) in [5, 5.41) is 0. The Bertz CT molecular complexity index is 398. The molecular formula is C11H10NP. The van der Waals surface area contributed by atoms with E-state index in [4.69, 9.17) is 0 Å². The van der Waals surface area contributed by atoms with Crippen molar-refractivity contribution in [2.45, 2.75) is 0 Å². The summed E-state index contributed by atoms with van der Waals surface area (Å²) < 4.78 is 0. The number of nitrogens with zero attached hydrogens (tertiary/aromatic N) is 1. The fourth-order valence-corrected chi connectivity index (χ4v) is 1.63. The van der Waals surface area contributed by atoms with Gasteiger partial charge in [-0.3, -0.25) is 4.98 Å². The predicted molar refractivity (Wildman–Crippen MR) is 59.0 cm³/mol. The van der Waals surface area contributed by atoms with E-state index < -0.39 is 0 Å². The molecule has 0 aliphatic heterocycles. The van der Waals surface area contributed by atoms with Gasteiger partial charge in [-0.1, -0.05) is 45.6 Å². The second-order valence-electron chi connectivity index (χ2n) is 2.80. The van der Waals surface area contributed by atoms with Gasteiger partial charge >= 0.3 is 0 Å². The van der Waals surface area contributed by atoms with Crippen molar-refractivity contribution in [3.05, 3.63) is 48.7 Å². The van der Waals surface area contributed by atoms with Crippen molar-refractivity contribution in [2.24, 2.45) is 0 Å². The summed E-state index contributed by atoms with van der Waals surface area (Å²) in [6, 6.07) is 14.3. The van der Waals surface area contributed by atoms with Crippen molar-refractivity contribution in [3.63, 3.8) is 0 Å². The Morgan fingerprint density at radius 3 is 2.38 bits per heavy atom. The Morgan fingerprint density at radius 1 is 0.923 bits per heavy atom. The Morgan fingerprint density at radius 2 is 1.69 bits per heavy atom. The van der Waals surface area contributed by atoms with Crippen LogP contribution in [-0.2, 0) is 0 Å². The third kappa shape index (κ3) is 1.76. The zero-order valence-electron chi connectivity index (χ0n) is 7.14. The number of aromatic nitrogens is 1. The number of benzene rings is 1. The molecular weight excluding hydrogens is 177 g/mol. The quantitative estimate of drug-likeness (QED) is 0.624. The molecule has 0 radical (unpaired) electrons. The summed E-state index contributed by atoms with van der Waals surface area (Å²) in [5.74, 6) is 0. The van der Waals surface area contributed by atoms with Crippen molar-refractivity contribution in [3.8, 4) is 11.1 Å². The molecule has 0 amide bonds. The monoisotopic (exact) mass is 187 g/mol. The van der Waals surface area contributed by atoms with Crippen molar-refractivity contribution < 1.29 is 0 Å². The number of rotatable bonds is 1. The smallest absolute Gasteiger partial charge is 0.0646 e. The molecule has 0 spiro atoms. The lowest BCUT2D eigenvalue weighted by Crippen LogP contribution is -2.00. The minimum absolute atomic E-state index is 0.994. The number of hydrogen-bond donors (Lipinski definition) is 0. The Balaban J connectivity index is 2.54. The SMILES string of the molecule is Pc1ncccc1-c1ccccc1. The van der Waals surface area contributed by atoms with Gasteiger partial charge in [-0.05, 0) is 11.6 Å². The maximum absolute atomic E-state index is 4.22. The van der Waals surface area contributed by atoms with Gasteiger partial charge in [0.25, 0.3) is 0 Å². The largest absolute Gasteiger partial charge is 0.256 e. The lowest BCUT2D eigenvalue weighted by Gasteiger charge is -2.02.